The highest BCUT2D eigenvalue weighted by atomic mass is 79.9. The normalized spacial score (nSPS) is 12.9. The van der Waals surface area contributed by atoms with E-state index in [0.717, 1.165) is 10.0 Å². The maximum absolute atomic E-state index is 12.7. The average Bonchev–Trinajstić information content (AvgIpc) is 2.51. The minimum Gasteiger partial charge on any atom is -0.444 e. The van der Waals surface area contributed by atoms with Gasteiger partial charge in [0.1, 0.15) is 11.2 Å². The van der Waals surface area contributed by atoms with E-state index >= 15 is 0 Å². The van der Waals surface area contributed by atoms with Crippen LogP contribution < -0.4 is 5.32 Å². The molecule has 7 heteroatoms. The van der Waals surface area contributed by atoms with Crippen LogP contribution in [0.2, 0.25) is 0 Å². The van der Waals surface area contributed by atoms with Crippen LogP contribution in [0.4, 0.5) is 9.59 Å². The smallest absolute Gasteiger partial charge is 0.410 e. The molecule has 0 aliphatic rings. The second kappa shape index (κ2) is 10.1. The first-order valence-electron chi connectivity index (χ1n) is 9.50. The molecule has 1 atom stereocenters. The lowest BCUT2D eigenvalue weighted by Gasteiger charge is -2.32. The van der Waals surface area contributed by atoms with Gasteiger partial charge in [0.15, 0.2) is 0 Å². The summed E-state index contributed by atoms with van der Waals surface area (Å²) in [5.41, 5.74) is -0.110. The van der Waals surface area contributed by atoms with Gasteiger partial charge in [-0.2, -0.15) is 0 Å². The standard InChI is InChI=1S/C21H33BrN2O4/c1-15(16-9-11-17(22)12-10-16)24(19(26)28-21(5,6)7)14-8-13-23-18(25)27-20(2,3)4/h9-12,15H,8,13-14H2,1-7H3,(H,23,25)/t15-/m0/s1. The van der Waals surface area contributed by atoms with Gasteiger partial charge in [0.2, 0.25) is 0 Å². The second-order valence-corrected chi connectivity index (χ2v) is 9.60. The molecular weight excluding hydrogens is 424 g/mol. The van der Waals surface area contributed by atoms with Crippen LogP contribution in [-0.4, -0.2) is 41.4 Å². The Kier molecular flexibility index (Phi) is 8.79. The van der Waals surface area contributed by atoms with Crippen LogP contribution >= 0.6 is 15.9 Å². The molecule has 158 valence electrons. The summed E-state index contributed by atoms with van der Waals surface area (Å²) in [6, 6.07) is 7.69. The number of halogens is 1. The van der Waals surface area contributed by atoms with Gasteiger partial charge in [-0.3, -0.25) is 0 Å². The summed E-state index contributed by atoms with van der Waals surface area (Å²) in [5.74, 6) is 0. The Bertz CT molecular complexity index is 648. The van der Waals surface area contributed by atoms with E-state index in [4.69, 9.17) is 9.47 Å². The van der Waals surface area contributed by atoms with Gasteiger partial charge in [-0.15, -0.1) is 0 Å². The topological polar surface area (TPSA) is 67.9 Å². The molecule has 0 heterocycles. The van der Waals surface area contributed by atoms with E-state index in [2.05, 4.69) is 21.2 Å². The third-order valence-corrected chi connectivity index (χ3v) is 4.22. The van der Waals surface area contributed by atoms with Crippen LogP contribution in [0.1, 0.15) is 66.5 Å². The van der Waals surface area contributed by atoms with Crippen molar-refractivity contribution in [2.45, 2.75) is 72.1 Å². The van der Waals surface area contributed by atoms with E-state index in [9.17, 15) is 9.59 Å². The quantitative estimate of drug-likeness (QED) is 0.560. The van der Waals surface area contributed by atoms with Crippen molar-refractivity contribution in [2.75, 3.05) is 13.1 Å². The highest BCUT2D eigenvalue weighted by Gasteiger charge is 2.26. The maximum Gasteiger partial charge on any atom is 0.410 e. The van der Waals surface area contributed by atoms with Crippen molar-refractivity contribution in [1.29, 1.82) is 0 Å². The first-order valence-corrected chi connectivity index (χ1v) is 10.3. The van der Waals surface area contributed by atoms with E-state index in [0.29, 0.717) is 19.5 Å². The lowest BCUT2D eigenvalue weighted by atomic mass is 10.1. The molecule has 1 rings (SSSR count). The summed E-state index contributed by atoms with van der Waals surface area (Å²) < 4.78 is 11.8. The molecule has 0 aliphatic carbocycles. The Morgan fingerprint density at radius 3 is 2.07 bits per heavy atom. The zero-order valence-corrected chi connectivity index (χ0v) is 19.6. The SMILES string of the molecule is C[C@@H](c1ccc(Br)cc1)N(CCCNC(=O)OC(C)(C)C)C(=O)OC(C)(C)C. The van der Waals surface area contributed by atoms with E-state index in [1.165, 1.54) is 0 Å². The van der Waals surface area contributed by atoms with E-state index < -0.39 is 17.3 Å². The van der Waals surface area contributed by atoms with Crippen LogP contribution in [0.25, 0.3) is 0 Å². The number of alkyl carbamates (subject to hydrolysis) is 1. The monoisotopic (exact) mass is 456 g/mol. The highest BCUT2D eigenvalue weighted by molar-refractivity contribution is 9.10. The summed E-state index contributed by atoms with van der Waals surface area (Å²) in [6.45, 7) is 13.8. The fourth-order valence-corrected chi connectivity index (χ4v) is 2.70. The molecule has 6 nitrogen and oxygen atoms in total. The number of ether oxygens (including phenoxy) is 2. The van der Waals surface area contributed by atoms with Gasteiger partial charge in [0.25, 0.3) is 0 Å². The van der Waals surface area contributed by atoms with Gasteiger partial charge < -0.3 is 19.7 Å². The van der Waals surface area contributed by atoms with E-state index in [1.54, 1.807) is 4.90 Å². The number of amides is 2. The molecule has 0 aromatic heterocycles. The van der Waals surface area contributed by atoms with Crippen molar-refractivity contribution in [2.24, 2.45) is 0 Å². The van der Waals surface area contributed by atoms with Gasteiger partial charge in [-0.1, -0.05) is 28.1 Å². The van der Waals surface area contributed by atoms with E-state index in [1.807, 2.05) is 72.7 Å². The molecule has 1 N–H and O–H groups in total. The van der Waals surface area contributed by atoms with Gasteiger partial charge in [0.05, 0.1) is 6.04 Å². The molecule has 0 aliphatic heterocycles. The van der Waals surface area contributed by atoms with Crippen LogP contribution in [0.3, 0.4) is 0 Å². The third-order valence-electron chi connectivity index (χ3n) is 3.69. The number of rotatable bonds is 6. The fourth-order valence-electron chi connectivity index (χ4n) is 2.44. The largest absolute Gasteiger partial charge is 0.444 e. The van der Waals surface area contributed by atoms with Crippen LogP contribution in [-0.2, 0) is 9.47 Å². The Labute approximate surface area is 177 Å². The molecule has 0 fully saturated rings. The first kappa shape index (κ1) is 24.3. The number of nitrogens with zero attached hydrogens (tertiary/aromatic N) is 1. The molecule has 0 unspecified atom stereocenters. The molecular formula is C21H33BrN2O4. The Morgan fingerprint density at radius 1 is 1.04 bits per heavy atom. The molecule has 2 amide bonds. The van der Waals surface area contributed by atoms with Crippen molar-refractivity contribution in [3.63, 3.8) is 0 Å². The Morgan fingerprint density at radius 2 is 1.57 bits per heavy atom. The van der Waals surface area contributed by atoms with Crippen molar-refractivity contribution in [3.8, 4) is 0 Å². The molecule has 0 bridgehead atoms. The van der Waals surface area contributed by atoms with Gasteiger partial charge in [0, 0.05) is 17.6 Å². The van der Waals surface area contributed by atoms with Crippen LogP contribution in [0, 0.1) is 0 Å². The molecule has 28 heavy (non-hydrogen) atoms. The van der Waals surface area contributed by atoms with Gasteiger partial charge >= 0.3 is 12.2 Å². The van der Waals surface area contributed by atoms with Gasteiger partial charge in [-0.25, -0.2) is 9.59 Å². The minimum atomic E-state index is -0.580. The summed E-state index contributed by atoms with van der Waals surface area (Å²) in [5, 5.41) is 2.72. The Hall–Kier alpha value is -1.76. The first-order chi connectivity index (χ1) is 12.8. The Balaban J connectivity index is 2.74. The number of nitrogens with one attached hydrogen (secondary N) is 1. The maximum atomic E-state index is 12.7. The summed E-state index contributed by atoms with van der Waals surface area (Å²) in [4.78, 5) is 26.2. The average molecular weight is 457 g/mol. The third kappa shape index (κ3) is 9.44. The van der Waals surface area contributed by atoms with Crippen LogP contribution in [0.5, 0.6) is 0 Å². The second-order valence-electron chi connectivity index (χ2n) is 8.68. The number of benzene rings is 1. The zero-order valence-electron chi connectivity index (χ0n) is 18.0. The van der Waals surface area contributed by atoms with Crippen molar-refractivity contribution < 1.29 is 19.1 Å². The summed E-state index contributed by atoms with van der Waals surface area (Å²) >= 11 is 3.43. The zero-order chi connectivity index (χ0) is 21.5. The predicted molar refractivity (Wildman–Crippen MR) is 114 cm³/mol. The number of carbonyl (C=O) groups excluding carboxylic acids is 2. The van der Waals surface area contributed by atoms with Crippen molar-refractivity contribution >= 4 is 28.1 Å². The molecule has 1 aromatic rings. The van der Waals surface area contributed by atoms with Gasteiger partial charge in [-0.05, 0) is 72.6 Å². The number of carbonyl (C=O) groups is 2. The van der Waals surface area contributed by atoms with E-state index in [-0.39, 0.29) is 12.1 Å². The molecule has 0 saturated carbocycles. The predicted octanol–water partition coefficient (Wildman–Crippen LogP) is 5.66. The fraction of sp³-hybridized carbons (Fsp3) is 0.619. The number of hydrogen-bond acceptors (Lipinski definition) is 4. The minimum absolute atomic E-state index is 0.163. The van der Waals surface area contributed by atoms with Crippen molar-refractivity contribution in [3.05, 3.63) is 34.3 Å². The summed E-state index contributed by atoms with van der Waals surface area (Å²) in [7, 11) is 0. The van der Waals surface area contributed by atoms with Crippen LogP contribution in [0.15, 0.2) is 28.7 Å². The molecule has 0 radical (unpaired) electrons. The highest BCUT2D eigenvalue weighted by Crippen LogP contribution is 2.24. The van der Waals surface area contributed by atoms with Crippen molar-refractivity contribution in [1.82, 2.24) is 10.2 Å². The summed E-state index contributed by atoms with van der Waals surface area (Å²) in [6.07, 6.45) is -0.253. The molecule has 1 aromatic carbocycles. The number of hydrogen-bond donors (Lipinski definition) is 1. The lowest BCUT2D eigenvalue weighted by Crippen LogP contribution is -2.40. The lowest BCUT2D eigenvalue weighted by molar-refractivity contribution is 0.0171. The molecule has 0 saturated heterocycles. The molecule has 0 spiro atoms.